The van der Waals surface area contributed by atoms with Crippen LogP contribution >= 0.6 is 0 Å². The number of unbranched alkanes of at least 4 members (excludes halogenated alkanes) is 2. The molecular weight excluding hydrogens is 202 g/mol. The number of fused-ring (bicyclic) bond motifs is 1. The van der Waals surface area contributed by atoms with Gasteiger partial charge in [0.25, 0.3) is 0 Å². The summed E-state index contributed by atoms with van der Waals surface area (Å²) in [5, 5.41) is 2.45. The van der Waals surface area contributed by atoms with E-state index < -0.39 is 0 Å². The molecule has 0 aromatic rings. The summed E-state index contributed by atoms with van der Waals surface area (Å²) in [6.07, 6.45) is 9.57. The number of amides is 2. The summed E-state index contributed by atoms with van der Waals surface area (Å²) in [5.41, 5.74) is 0. The Morgan fingerprint density at radius 3 is 2.88 bits per heavy atom. The zero-order chi connectivity index (χ0) is 11.5. The first-order chi connectivity index (χ1) is 7.74. The lowest BCUT2D eigenvalue weighted by Crippen LogP contribution is -2.28. The summed E-state index contributed by atoms with van der Waals surface area (Å²) in [5.74, 6) is -0.0671. The largest absolute Gasteiger partial charge is 0.296 e. The van der Waals surface area contributed by atoms with Crippen LogP contribution in [0.15, 0.2) is 12.2 Å². The molecule has 88 valence electrons. The van der Waals surface area contributed by atoms with E-state index in [4.69, 9.17) is 0 Å². The van der Waals surface area contributed by atoms with Crippen molar-refractivity contribution in [3.8, 4) is 0 Å². The van der Waals surface area contributed by atoms with Crippen molar-refractivity contribution in [2.75, 3.05) is 0 Å². The first-order valence-corrected chi connectivity index (χ1v) is 6.25. The van der Waals surface area contributed by atoms with Crippen LogP contribution in [0, 0.1) is 17.8 Å². The monoisotopic (exact) mass is 221 g/mol. The molecule has 1 N–H and O–H groups in total. The number of hydrogen-bond acceptors (Lipinski definition) is 2. The summed E-state index contributed by atoms with van der Waals surface area (Å²) in [4.78, 5) is 23.2. The van der Waals surface area contributed by atoms with E-state index in [0.717, 1.165) is 12.8 Å². The van der Waals surface area contributed by atoms with Gasteiger partial charge in [-0.1, -0.05) is 38.3 Å². The molecule has 1 heterocycles. The number of carbonyl (C=O) groups excluding carboxylic acids is 2. The highest BCUT2D eigenvalue weighted by molar-refractivity contribution is 6.06. The highest BCUT2D eigenvalue weighted by atomic mass is 16.2. The molecule has 1 aliphatic heterocycles. The molecular formula is C13H19NO2. The Morgan fingerprint density at radius 1 is 1.31 bits per heavy atom. The molecule has 1 aliphatic carbocycles. The number of allylic oxidation sites excluding steroid dienone is 1. The van der Waals surface area contributed by atoms with Crippen molar-refractivity contribution < 1.29 is 9.59 Å². The maximum atomic E-state index is 11.7. The molecule has 0 aromatic heterocycles. The minimum Gasteiger partial charge on any atom is -0.296 e. The molecule has 16 heavy (non-hydrogen) atoms. The molecule has 0 aromatic carbocycles. The normalized spacial score (nSPS) is 32.7. The number of hydrogen-bond donors (Lipinski definition) is 1. The third-order valence-electron chi connectivity index (χ3n) is 3.71. The van der Waals surface area contributed by atoms with Gasteiger partial charge in [0, 0.05) is 0 Å². The summed E-state index contributed by atoms with van der Waals surface area (Å²) in [6, 6.07) is 0. The van der Waals surface area contributed by atoms with E-state index in [1.54, 1.807) is 0 Å². The lowest BCUT2D eigenvalue weighted by atomic mass is 9.75. The molecule has 0 spiro atoms. The van der Waals surface area contributed by atoms with Gasteiger partial charge < -0.3 is 0 Å². The van der Waals surface area contributed by atoms with Crippen LogP contribution in [-0.2, 0) is 9.59 Å². The Bertz CT molecular complexity index is 322. The molecule has 0 saturated carbocycles. The summed E-state index contributed by atoms with van der Waals surface area (Å²) in [6.45, 7) is 2.18. The lowest BCUT2D eigenvalue weighted by molar-refractivity contribution is -0.126. The summed E-state index contributed by atoms with van der Waals surface area (Å²) < 4.78 is 0. The van der Waals surface area contributed by atoms with Crippen LogP contribution < -0.4 is 5.32 Å². The molecule has 3 nitrogen and oxygen atoms in total. The smallest absolute Gasteiger partial charge is 0.234 e. The fourth-order valence-electron chi connectivity index (χ4n) is 2.83. The predicted octanol–water partition coefficient (Wildman–Crippen LogP) is 2.03. The van der Waals surface area contributed by atoms with Crippen molar-refractivity contribution in [2.45, 2.75) is 39.0 Å². The molecule has 2 amide bonds. The van der Waals surface area contributed by atoms with Crippen molar-refractivity contribution in [3.63, 3.8) is 0 Å². The predicted molar refractivity (Wildman–Crippen MR) is 61.5 cm³/mol. The van der Waals surface area contributed by atoms with Crippen molar-refractivity contribution in [1.29, 1.82) is 0 Å². The van der Waals surface area contributed by atoms with E-state index in [1.165, 1.54) is 19.3 Å². The maximum absolute atomic E-state index is 11.7. The van der Waals surface area contributed by atoms with E-state index in [9.17, 15) is 9.59 Å². The molecule has 2 rings (SSSR count). The van der Waals surface area contributed by atoms with Gasteiger partial charge in [-0.3, -0.25) is 14.9 Å². The van der Waals surface area contributed by atoms with E-state index in [-0.39, 0.29) is 23.7 Å². The van der Waals surface area contributed by atoms with Gasteiger partial charge in [0.05, 0.1) is 11.8 Å². The highest BCUT2D eigenvalue weighted by Gasteiger charge is 2.45. The second-order valence-corrected chi connectivity index (χ2v) is 4.82. The van der Waals surface area contributed by atoms with Crippen molar-refractivity contribution >= 4 is 11.8 Å². The molecule has 0 bridgehead atoms. The zero-order valence-corrected chi connectivity index (χ0v) is 9.74. The Hall–Kier alpha value is -1.12. The van der Waals surface area contributed by atoms with Crippen molar-refractivity contribution in [3.05, 3.63) is 12.2 Å². The number of nitrogens with one attached hydrogen (secondary N) is 1. The van der Waals surface area contributed by atoms with Gasteiger partial charge in [-0.25, -0.2) is 0 Å². The first kappa shape index (κ1) is 11.4. The Labute approximate surface area is 96.3 Å². The van der Waals surface area contributed by atoms with Gasteiger partial charge in [0.1, 0.15) is 0 Å². The quantitative estimate of drug-likeness (QED) is 0.448. The van der Waals surface area contributed by atoms with Crippen LogP contribution in [0.2, 0.25) is 0 Å². The van der Waals surface area contributed by atoms with Gasteiger partial charge in [0.15, 0.2) is 0 Å². The Morgan fingerprint density at radius 2 is 2.12 bits per heavy atom. The minimum atomic E-state index is -0.187. The van der Waals surface area contributed by atoms with E-state index in [0.29, 0.717) is 5.92 Å². The van der Waals surface area contributed by atoms with Gasteiger partial charge in [0.2, 0.25) is 11.8 Å². The lowest BCUT2D eigenvalue weighted by Gasteiger charge is -2.26. The van der Waals surface area contributed by atoms with E-state index in [1.807, 2.05) is 6.08 Å². The molecule has 2 aliphatic rings. The molecule has 0 radical (unpaired) electrons. The molecule has 3 heteroatoms. The highest BCUT2D eigenvalue weighted by Crippen LogP contribution is 2.37. The van der Waals surface area contributed by atoms with Crippen molar-refractivity contribution in [1.82, 2.24) is 5.32 Å². The van der Waals surface area contributed by atoms with Crippen LogP contribution in [0.3, 0.4) is 0 Å². The van der Waals surface area contributed by atoms with Gasteiger partial charge >= 0.3 is 0 Å². The second kappa shape index (κ2) is 4.81. The maximum Gasteiger partial charge on any atom is 0.234 e. The summed E-state index contributed by atoms with van der Waals surface area (Å²) in [7, 11) is 0. The molecule has 1 fully saturated rings. The van der Waals surface area contributed by atoms with Crippen molar-refractivity contribution in [2.24, 2.45) is 17.8 Å². The SMILES string of the molecule is CCCCCC1CC=CC2C(=O)NC(=O)C12. The molecule has 1 saturated heterocycles. The Balaban J connectivity index is 2.02. The van der Waals surface area contributed by atoms with Crippen LogP contribution in [0.1, 0.15) is 39.0 Å². The average molecular weight is 221 g/mol. The third-order valence-corrected chi connectivity index (χ3v) is 3.71. The number of rotatable bonds is 4. The van der Waals surface area contributed by atoms with Crippen LogP contribution in [0.5, 0.6) is 0 Å². The zero-order valence-electron chi connectivity index (χ0n) is 9.74. The first-order valence-electron chi connectivity index (χ1n) is 6.25. The minimum absolute atomic E-state index is 0.0548. The van der Waals surface area contributed by atoms with Gasteiger partial charge in [-0.15, -0.1) is 0 Å². The molecule has 3 unspecified atom stereocenters. The van der Waals surface area contributed by atoms with Gasteiger partial charge in [-0.2, -0.15) is 0 Å². The second-order valence-electron chi connectivity index (χ2n) is 4.82. The average Bonchev–Trinajstić information content (AvgIpc) is 2.56. The van der Waals surface area contributed by atoms with Gasteiger partial charge in [-0.05, 0) is 18.8 Å². The summed E-state index contributed by atoms with van der Waals surface area (Å²) >= 11 is 0. The van der Waals surface area contributed by atoms with E-state index >= 15 is 0 Å². The number of carbonyl (C=O) groups is 2. The standard InChI is InChI=1S/C13H19NO2/c1-2-3-4-6-9-7-5-8-10-11(9)13(16)14-12(10)15/h5,8-11H,2-4,6-7H2,1H3,(H,14,15,16). The van der Waals surface area contributed by atoms with Crippen LogP contribution in [0.4, 0.5) is 0 Å². The topological polar surface area (TPSA) is 46.2 Å². The Kier molecular flexibility index (Phi) is 3.42. The van der Waals surface area contributed by atoms with Crippen LogP contribution in [0.25, 0.3) is 0 Å². The third kappa shape index (κ3) is 2.04. The van der Waals surface area contributed by atoms with E-state index in [2.05, 4.69) is 18.3 Å². The number of imide groups is 1. The van der Waals surface area contributed by atoms with Crippen LogP contribution in [-0.4, -0.2) is 11.8 Å². The fraction of sp³-hybridized carbons (Fsp3) is 0.692. The fourth-order valence-corrected chi connectivity index (χ4v) is 2.83. The molecule has 3 atom stereocenters.